The summed E-state index contributed by atoms with van der Waals surface area (Å²) in [5.41, 5.74) is 4.04. The normalized spacial score (nSPS) is 10.9. The van der Waals surface area contributed by atoms with Crippen molar-refractivity contribution in [2.45, 2.75) is 4.90 Å². The number of benzene rings is 2. The second-order valence-corrected chi connectivity index (χ2v) is 7.63. The average Bonchev–Trinajstić information content (AvgIpc) is 2.73. The number of hydrogen-bond donors (Lipinski definition) is 2. The number of nitrogens with zero attached hydrogens (tertiary/aromatic N) is 2. The summed E-state index contributed by atoms with van der Waals surface area (Å²) >= 11 is 1.26. The maximum atomic E-state index is 13.1. The van der Waals surface area contributed by atoms with Gasteiger partial charge in [0.15, 0.2) is 0 Å². The van der Waals surface area contributed by atoms with Gasteiger partial charge in [-0.25, -0.2) is 4.39 Å². The number of nitrogens with one attached hydrogen (secondary N) is 2. The summed E-state index contributed by atoms with van der Waals surface area (Å²) in [6.07, 6.45) is 3.50. The van der Waals surface area contributed by atoms with Crippen molar-refractivity contribution in [1.82, 2.24) is 9.97 Å². The fourth-order valence-corrected chi connectivity index (χ4v) is 3.70. The lowest BCUT2D eigenvalue weighted by atomic mass is 10.0. The molecule has 4 aromatic rings. The van der Waals surface area contributed by atoms with E-state index >= 15 is 0 Å². The van der Waals surface area contributed by atoms with Gasteiger partial charge in [0.2, 0.25) is 0 Å². The Morgan fingerprint density at radius 3 is 2.59 bits per heavy atom. The number of rotatable bonds is 5. The molecule has 0 aliphatic rings. The number of pyridine rings is 2. The van der Waals surface area contributed by atoms with E-state index < -0.39 is 0 Å². The van der Waals surface area contributed by atoms with Crippen molar-refractivity contribution in [2.24, 2.45) is 0 Å². The van der Waals surface area contributed by atoms with Crippen molar-refractivity contribution in [2.75, 3.05) is 23.7 Å². The molecule has 0 saturated carbocycles. The van der Waals surface area contributed by atoms with E-state index in [0.717, 1.165) is 32.6 Å². The molecule has 2 N–H and O–H groups in total. The van der Waals surface area contributed by atoms with Gasteiger partial charge in [0.05, 0.1) is 5.52 Å². The molecule has 0 aliphatic heterocycles. The molecule has 0 atom stereocenters. The predicted molar refractivity (Wildman–Crippen MR) is 118 cm³/mol. The van der Waals surface area contributed by atoms with Crippen LogP contribution in [-0.2, 0) is 0 Å². The van der Waals surface area contributed by atoms with Crippen molar-refractivity contribution in [3.8, 4) is 11.1 Å². The van der Waals surface area contributed by atoms with Gasteiger partial charge >= 0.3 is 0 Å². The summed E-state index contributed by atoms with van der Waals surface area (Å²) < 4.78 is 16.1. The number of H-pyrrole nitrogens is 1. The zero-order valence-corrected chi connectivity index (χ0v) is 16.8. The average molecular weight is 406 g/mol. The van der Waals surface area contributed by atoms with E-state index in [0.29, 0.717) is 5.69 Å². The van der Waals surface area contributed by atoms with Gasteiger partial charge in [-0.15, -0.1) is 0 Å². The largest absolute Gasteiger partial charge is 0.377 e. The van der Waals surface area contributed by atoms with Gasteiger partial charge in [0, 0.05) is 48.0 Å². The van der Waals surface area contributed by atoms with Crippen LogP contribution in [-0.4, -0.2) is 24.1 Å². The van der Waals surface area contributed by atoms with Crippen LogP contribution in [0.4, 0.5) is 15.8 Å². The Bertz CT molecular complexity index is 1220. The lowest BCUT2D eigenvalue weighted by Crippen LogP contribution is -2.10. The minimum Gasteiger partial charge on any atom is -0.377 e. The van der Waals surface area contributed by atoms with Crippen LogP contribution in [0.25, 0.3) is 22.0 Å². The highest BCUT2D eigenvalue weighted by Crippen LogP contribution is 2.30. The van der Waals surface area contributed by atoms with Crippen LogP contribution in [0.1, 0.15) is 0 Å². The van der Waals surface area contributed by atoms with E-state index in [1.807, 2.05) is 43.3 Å². The third-order valence-corrected chi connectivity index (χ3v) is 5.36. The fourth-order valence-electron chi connectivity index (χ4n) is 3.04. The minimum absolute atomic E-state index is 0.222. The first-order chi connectivity index (χ1) is 14.0. The molecule has 2 aromatic heterocycles. The molecule has 4 rings (SSSR count). The molecule has 0 fully saturated rings. The Balaban J connectivity index is 1.67. The Kier molecular flexibility index (Phi) is 5.22. The maximum absolute atomic E-state index is 13.1. The van der Waals surface area contributed by atoms with Crippen molar-refractivity contribution in [3.05, 3.63) is 83.2 Å². The van der Waals surface area contributed by atoms with Crippen LogP contribution < -0.4 is 15.2 Å². The topological polar surface area (TPSA) is 61.0 Å². The van der Waals surface area contributed by atoms with Gasteiger partial charge in [0.25, 0.3) is 5.56 Å². The van der Waals surface area contributed by atoms with E-state index in [4.69, 9.17) is 0 Å². The van der Waals surface area contributed by atoms with Crippen LogP contribution >= 0.6 is 11.9 Å². The number of anilines is 2. The molecule has 0 amide bonds. The quantitative estimate of drug-likeness (QED) is 0.461. The smallest absolute Gasteiger partial charge is 0.272 e. The monoisotopic (exact) mass is 406 g/mol. The third kappa shape index (κ3) is 4.09. The van der Waals surface area contributed by atoms with E-state index in [9.17, 15) is 9.18 Å². The Morgan fingerprint density at radius 1 is 1.03 bits per heavy atom. The van der Waals surface area contributed by atoms with Crippen LogP contribution in [0, 0.1) is 5.82 Å². The van der Waals surface area contributed by atoms with E-state index in [1.54, 1.807) is 24.5 Å². The van der Waals surface area contributed by atoms with E-state index in [-0.39, 0.29) is 11.4 Å². The summed E-state index contributed by atoms with van der Waals surface area (Å²) in [5, 5.41) is 1.04. The Morgan fingerprint density at radius 2 is 1.83 bits per heavy atom. The molecule has 0 bridgehead atoms. The zero-order valence-electron chi connectivity index (χ0n) is 15.9. The van der Waals surface area contributed by atoms with Gasteiger partial charge in [0.1, 0.15) is 11.5 Å². The third-order valence-electron chi connectivity index (χ3n) is 4.53. The molecule has 0 saturated heterocycles. The first-order valence-corrected chi connectivity index (χ1v) is 9.80. The highest BCUT2D eigenvalue weighted by Gasteiger charge is 2.09. The standard InChI is InChI=1S/C22H19FN4OS/c1-27(2)21-9-10-24-19-8-3-14(11-18(19)21)15-12-20(22(28)25-13-15)26-29-17-6-4-16(23)5-7-17/h3-13,26H,1-2H3,(H,25,28). The highest BCUT2D eigenvalue weighted by atomic mass is 32.2. The number of hydrogen-bond acceptors (Lipinski definition) is 5. The highest BCUT2D eigenvalue weighted by molar-refractivity contribution is 8.00. The summed E-state index contributed by atoms with van der Waals surface area (Å²) in [5.74, 6) is -0.294. The molecular weight excluding hydrogens is 387 g/mol. The van der Waals surface area contributed by atoms with E-state index in [2.05, 4.69) is 20.8 Å². The molecular formula is C22H19FN4OS. The minimum atomic E-state index is -0.294. The Labute approximate surface area is 171 Å². The summed E-state index contributed by atoms with van der Waals surface area (Å²) in [4.78, 5) is 22.3. The predicted octanol–water partition coefficient (Wildman–Crippen LogP) is 4.91. The fraction of sp³-hybridized carbons (Fsp3) is 0.0909. The molecule has 2 heterocycles. The number of aromatic amines is 1. The molecule has 0 aliphatic carbocycles. The molecule has 29 heavy (non-hydrogen) atoms. The first kappa shape index (κ1) is 19.0. The summed E-state index contributed by atoms with van der Waals surface area (Å²) in [6.45, 7) is 0. The van der Waals surface area contributed by atoms with Crippen molar-refractivity contribution < 1.29 is 4.39 Å². The van der Waals surface area contributed by atoms with E-state index in [1.165, 1.54) is 24.1 Å². The van der Waals surface area contributed by atoms with Crippen LogP contribution in [0.5, 0.6) is 0 Å². The van der Waals surface area contributed by atoms with Gasteiger partial charge in [-0.05, 0) is 66.0 Å². The summed E-state index contributed by atoms with van der Waals surface area (Å²) in [6, 6.07) is 15.9. The van der Waals surface area contributed by atoms with Crippen molar-refractivity contribution in [1.29, 1.82) is 0 Å². The molecule has 5 nitrogen and oxygen atoms in total. The first-order valence-electron chi connectivity index (χ1n) is 8.99. The van der Waals surface area contributed by atoms with Crippen molar-refractivity contribution in [3.63, 3.8) is 0 Å². The zero-order chi connectivity index (χ0) is 20.4. The van der Waals surface area contributed by atoms with Crippen LogP contribution in [0.2, 0.25) is 0 Å². The van der Waals surface area contributed by atoms with Gasteiger partial charge in [-0.3, -0.25) is 9.78 Å². The van der Waals surface area contributed by atoms with Crippen molar-refractivity contribution >= 4 is 34.2 Å². The van der Waals surface area contributed by atoms with Gasteiger partial charge in [-0.2, -0.15) is 0 Å². The number of fused-ring (bicyclic) bond motifs is 1. The molecule has 0 spiro atoms. The number of halogens is 1. The maximum Gasteiger partial charge on any atom is 0.272 e. The lowest BCUT2D eigenvalue weighted by molar-refractivity contribution is 0.626. The molecule has 0 radical (unpaired) electrons. The second-order valence-electron chi connectivity index (χ2n) is 6.75. The second kappa shape index (κ2) is 7.97. The van der Waals surface area contributed by atoms with Gasteiger partial charge < -0.3 is 14.6 Å². The molecule has 0 unspecified atom stereocenters. The van der Waals surface area contributed by atoms with Crippen LogP contribution in [0.3, 0.4) is 0 Å². The number of aromatic nitrogens is 2. The summed E-state index contributed by atoms with van der Waals surface area (Å²) in [7, 11) is 3.99. The SMILES string of the molecule is CN(C)c1ccnc2ccc(-c3c[nH]c(=O)c(NSc4ccc(F)cc4)c3)cc12. The lowest BCUT2D eigenvalue weighted by Gasteiger charge is -2.15. The molecule has 2 aromatic carbocycles. The Hall–Kier alpha value is -3.32. The molecule has 146 valence electrons. The van der Waals surface area contributed by atoms with Crippen LogP contribution in [0.15, 0.2) is 76.7 Å². The molecule has 7 heteroatoms. The van der Waals surface area contributed by atoms with Gasteiger partial charge in [-0.1, -0.05) is 6.07 Å².